The summed E-state index contributed by atoms with van der Waals surface area (Å²) in [6, 6.07) is 0. The average molecular weight is 260 g/mol. The van der Waals surface area contributed by atoms with Crippen molar-refractivity contribution >= 4 is 15.9 Å². The van der Waals surface area contributed by atoms with Crippen LogP contribution in [0.25, 0.3) is 0 Å². The van der Waals surface area contributed by atoms with E-state index in [0.29, 0.717) is 13.1 Å². The summed E-state index contributed by atoms with van der Waals surface area (Å²) in [6.07, 6.45) is 2.17. The van der Waals surface area contributed by atoms with E-state index in [1.165, 1.54) is 10.6 Å². The highest BCUT2D eigenvalue weighted by molar-refractivity contribution is 7.88. The smallest absolute Gasteiger partial charge is 0.225 e. The van der Waals surface area contributed by atoms with Gasteiger partial charge in [-0.2, -0.15) is 0 Å². The van der Waals surface area contributed by atoms with Crippen molar-refractivity contribution in [3.8, 4) is 0 Å². The molecule has 2 saturated heterocycles. The number of carbonyl (C=O) groups excluding carboxylic acids is 1. The molecule has 2 rings (SSSR count). The SMILES string of the molecule is CC(C)C(=O)N1CCC2(C1)CN(S(C)(=O)=O)C2. The molecule has 2 fully saturated rings. The Bertz CT molecular complexity index is 424. The fraction of sp³-hybridized carbons (Fsp3) is 0.909. The van der Waals surface area contributed by atoms with Crippen LogP contribution in [-0.2, 0) is 14.8 Å². The fourth-order valence-electron chi connectivity index (χ4n) is 2.68. The van der Waals surface area contributed by atoms with Gasteiger partial charge in [0.15, 0.2) is 0 Å². The standard InChI is InChI=1S/C11H20N2O3S/c1-9(2)10(14)12-5-4-11(6-12)7-13(8-11)17(3,15)16/h9H,4-8H2,1-3H3. The number of amides is 1. The lowest BCUT2D eigenvalue weighted by Gasteiger charge is -2.46. The third-order valence-corrected chi connectivity index (χ3v) is 4.93. The molecular formula is C11H20N2O3S. The molecule has 0 saturated carbocycles. The third-order valence-electron chi connectivity index (χ3n) is 3.74. The van der Waals surface area contributed by atoms with Gasteiger partial charge in [-0.05, 0) is 6.42 Å². The fourth-order valence-corrected chi connectivity index (χ4v) is 3.70. The van der Waals surface area contributed by atoms with Crippen LogP contribution in [0.4, 0.5) is 0 Å². The monoisotopic (exact) mass is 260 g/mol. The molecule has 2 aliphatic heterocycles. The van der Waals surface area contributed by atoms with Gasteiger partial charge in [-0.1, -0.05) is 13.8 Å². The molecule has 0 unspecified atom stereocenters. The number of sulfonamides is 1. The van der Waals surface area contributed by atoms with Crippen LogP contribution in [0.3, 0.4) is 0 Å². The lowest BCUT2D eigenvalue weighted by atomic mass is 9.81. The van der Waals surface area contributed by atoms with Crippen molar-refractivity contribution in [2.75, 3.05) is 32.4 Å². The number of likely N-dealkylation sites (tertiary alicyclic amines) is 1. The van der Waals surface area contributed by atoms with Gasteiger partial charge in [0, 0.05) is 37.5 Å². The predicted octanol–water partition coefficient (Wildman–Crippen LogP) is 0.136. The quantitative estimate of drug-likeness (QED) is 0.709. The number of nitrogens with zero attached hydrogens (tertiary/aromatic N) is 2. The summed E-state index contributed by atoms with van der Waals surface area (Å²) >= 11 is 0. The van der Waals surface area contributed by atoms with Crippen molar-refractivity contribution in [1.82, 2.24) is 9.21 Å². The predicted molar refractivity (Wildman–Crippen MR) is 64.9 cm³/mol. The topological polar surface area (TPSA) is 57.7 Å². The van der Waals surface area contributed by atoms with Gasteiger partial charge in [-0.3, -0.25) is 4.79 Å². The maximum Gasteiger partial charge on any atom is 0.225 e. The number of hydrogen-bond donors (Lipinski definition) is 0. The molecular weight excluding hydrogens is 240 g/mol. The second-order valence-electron chi connectivity index (χ2n) is 5.70. The van der Waals surface area contributed by atoms with Gasteiger partial charge < -0.3 is 4.90 Å². The molecule has 0 aromatic carbocycles. The van der Waals surface area contributed by atoms with Gasteiger partial charge in [-0.15, -0.1) is 0 Å². The molecule has 2 aliphatic rings. The highest BCUT2D eigenvalue weighted by atomic mass is 32.2. The summed E-state index contributed by atoms with van der Waals surface area (Å²) in [4.78, 5) is 13.7. The summed E-state index contributed by atoms with van der Waals surface area (Å²) in [7, 11) is -3.05. The molecule has 0 aromatic heterocycles. The molecule has 1 amide bonds. The first-order valence-electron chi connectivity index (χ1n) is 5.97. The van der Waals surface area contributed by atoms with E-state index in [9.17, 15) is 13.2 Å². The third kappa shape index (κ3) is 2.33. The largest absolute Gasteiger partial charge is 0.342 e. The minimum Gasteiger partial charge on any atom is -0.342 e. The van der Waals surface area contributed by atoms with Gasteiger partial charge in [0.2, 0.25) is 15.9 Å². The minimum atomic E-state index is -3.05. The van der Waals surface area contributed by atoms with Gasteiger partial charge >= 0.3 is 0 Å². The van der Waals surface area contributed by atoms with E-state index in [2.05, 4.69) is 0 Å². The Morgan fingerprint density at radius 1 is 1.24 bits per heavy atom. The molecule has 5 nitrogen and oxygen atoms in total. The summed E-state index contributed by atoms with van der Waals surface area (Å²) in [5.41, 5.74) is 0.0353. The Morgan fingerprint density at radius 3 is 2.29 bits per heavy atom. The maximum atomic E-state index is 11.8. The number of hydrogen-bond acceptors (Lipinski definition) is 3. The maximum absolute atomic E-state index is 11.8. The molecule has 0 N–H and O–H groups in total. The minimum absolute atomic E-state index is 0.0243. The second kappa shape index (κ2) is 3.95. The molecule has 1 spiro atoms. The first kappa shape index (κ1) is 12.8. The van der Waals surface area contributed by atoms with E-state index < -0.39 is 10.0 Å². The molecule has 98 valence electrons. The first-order valence-corrected chi connectivity index (χ1v) is 7.82. The Labute approximate surface area is 103 Å². The lowest BCUT2D eigenvalue weighted by molar-refractivity contribution is -0.134. The van der Waals surface area contributed by atoms with Crippen LogP contribution < -0.4 is 0 Å². The van der Waals surface area contributed by atoms with Crippen molar-refractivity contribution in [3.63, 3.8) is 0 Å². The molecule has 2 heterocycles. The van der Waals surface area contributed by atoms with Crippen molar-refractivity contribution in [2.45, 2.75) is 20.3 Å². The Balaban J connectivity index is 1.95. The summed E-state index contributed by atoms with van der Waals surface area (Å²) < 4.78 is 24.1. The van der Waals surface area contributed by atoms with Crippen LogP contribution in [0.1, 0.15) is 20.3 Å². The van der Waals surface area contributed by atoms with Gasteiger partial charge in [0.25, 0.3) is 0 Å². The number of carbonyl (C=O) groups is 1. The summed E-state index contributed by atoms with van der Waals surface area (Å²) in [6.45, 7) is 6.44. The van der Waals surface area contributed by atoms with Gasteiger partial charge in [-0.25, -0.2) is 12.7 Å². The van der Waals surface area contributed by atoms with Crippen LogP contribution in [0.5, 0.6) is 0 Å². The van der Waals surface area contributed by atoms with Crippen molar-refractivity contribution in [1.29, 1.82) is 0 Å². The zero-order chi connectivity index (χ0) is 12.8. The zero-order valence-corrected chi connectivity index (χ0v) is 11.5. The van der Waals surface area contributed by atoms with Crippen molar-refractivity contribution in [3.05, 3.63) is 0 Å². The highest BCUT2D eigenvalue weighted by Crippen LogP contribution is 2.40. The molecule has 0 radical (unpaired) electrons. The van der Waals surface area contributed by atoms with Crippen molar-refractivity contribution < 1.29 is 13.2 Å². The molecule has 0 bridgehead atoms. The second-order valence-corrected chi connectivity index (χ2v) is 7.68. The van der Waals surface area contributed by atoms with Crippen LogP contribution >= 0.6 is 0 Å². The Morgan fingerprint density at radius 2 is 1.82 bits per heavy atom. The Hall–Kier alpha value is -0.620. The van der Waals surface area contributed by atoms with E-state index in [1.807, 2.05) is 18.7 Å². The molecule has 6 heteroatoms. The average Bonchev–Trinajstić information content (AvgIpc) is 2.56. The summed E-state index contributed by atoms with van der Waals surface area (Å²) in [5.74, 6) is 0.205. The van der Waals surface area contributed by atoms with E-state index in [1.54, 1.807) is 0 Å². The molecule has 0 aliphatic carbocycles. The van der Waals surface area contributed by atoms with Crippen LogP contribution in [0.15, 0.2) is 0 Å². The van der Waals surface area contributed by atoms with E-state index in [0.717, 1.165) is 19.5 Å². The zero-order valence-electron chi connectivity index (χ0n) is 10.6. The van der Waals surface area contributed by atoms with Crippen molar-refractivity contribution in [2.24, 2.45) is 11.3 Å². The lowest BCUT2D eigenvalue weighted by Crippen LogP contribution is -2.59. The normalized spacial score (nSPS) is 24.4. The highest BCUT2D eigenvalue weighted by Gasteiger charge is 2.51. The summed E-state index contributed by atoms with van der Waals surface area (Å²) in [5, 5.41) is 0. The van der Waals surface area contributed by atoms with E-state index >= 15 is 0 Å². The Kier molecular flexibility index (Phi) is 2.98. The van der Waals surface area contributed by atoms with Gasteiger partial charge in [0.05, 0.1) is 6.26 Å². The number of rotatable bonds is 2. The van der Waals surface area contributed by atoms with Crippen LogP contribution in [0.2, 0.25) is 0 Å². The van der Waals surface area contributed by atoms with Crippen LogP contribution in [-0.4, -0.2) is 56.0 Å². The molecule has 17 heavy (non-hydrogen) atoms. The van der Waals surface area contributed by atoms with Crippen LogP contribution in [0, 0.1) is 11.3 Å². The van der Waals surface area contributed by atoms with E-state index in [-0.39, 0.29) is 17.2 Å². The molecule has 0 aromatic rings. The molecule has 0 atom stereocenters. The van der Waals surface area contributed by atoms with E-state index in [4.69, 9.17) is 0 Å². The van der Waals surface area contributed by atoms with Gasteiger partial charge in [0.1, 0.15) is 0 Å². The first-order chi connectivity index (χ1) is 7.73.